The van der Waals surface area contributed by atoms with Gasteiger partial charge in [-0.15, -0.1) is 0 Å². The van der Waals surface area contributed by atoms with Crippen LogP contribution in [0.2, 0.25) is 10.0 Å². The third-order valence-electron chi connectivity index (χ3n) is 5.26. The second-order valence-electron chi connectivity index (χ2n) is 7.75. The number of para-hydroxylation sites is 1. The number of carbonyl (C=O) groups excluding carboxylic acids is 1. The highest BCUT2D eigenvalue weighted by molar-refractivity contribution is 6.37. The Bertz CT molecular complexity index is 1370. The lowest BCUT2D eigenvalue weighted by Gasteiger charge is -2.12. The summed E-state index contributed by atoms with van der Waals surface area (Å²) < 4.78 is 47.0. The number of hydrogen-bond acceptors (Lipinski definition) is 3. The molecule has 37 heavy (non-hydrogen) atoms. The molecule has 1 aromatic heterocycles. The smallest absolute Gasteiger partial charge is 0.435 e. The average Bonchev–Trinajstić information content (AvgIpc) is 3.28. The van der Waals surface area contributed by atoms with Crippen molar-refractivity contribution in [2.45, 2.75) is 27.1 Å². The Labute approximate surface area is 222 Å². The fraction of sp³-hybridized carbons (Fsp3) is 0.185. The van der Waals surface area contributed by atoms with Crippen LogP contribution in [0.15, 0.2) is 72.8 Å². The third kappa shape index (κ3) is 6.45. The summed E-state index contributed by atoms with van der Waals surface area (Å²) in [5.74, 6) is 0.276. The molecule has 4 aromatic rings. The molecule has 5 nitrogen and oxygen atoms in total. The average molecular weight is 550 g/mol. The van der Waals surface area contributed by atoms with Gasteiger partial charge < -0.3 is 10.1 Å². The first kappa shape index (κ1) is 28.1. The summed E-state index contributed by atoms with van der Waals surface area (Å²) in [6.07, 6.45) is -4.65. The number of carbonyl (C=O) groups is 1. The molecule has 4 rings (SSSR count). The molecule has 0 fully saturated rings. The monoisotopic (exact) mass is 549 g/mol. The Balaban J connectivity index is 0.00000380. The van der Waals surface area contributed by atoms with Gasteiger partial charge in [-0.3, -0.25) is 4.79 Å². The zero-order valence-corrected chi connectivity index (χ0v) is 20.5. The van der Waals surface area contributed by atoms with Crippen molar-refractivity contribution < 1.29 is 22.7 Å². The van der Waals surface area contributed by atoms with E-state index in [0.29, 0.717) is 17.9 Å². The van der Waals surface area contributed by atoms with Crippen LogP contribution in [0.4, 0.5) is 13.2 Å². The van der Waals surface area contributed by atoms with Crippen LogP contribution in [-0.4, -0.2) is 22.2 Å². The van der Waals surface area contributed by atoms with E-state index in [0.717, 1.165) is 21.9 Å². The lowest BCUT2D eigenvalue weighted by Crippen LogP contribution is -2.22. The highest BCUT2D eigenvalue weighted by Crippen LogP contribution is 2.34. The van der Waals surface area contributed by atoms with E-state index in [1.807, 2.05) is 13.0 Å². The Morgan fingerprint density at radius 3 is 2.24 bits per heavy atom. The normalized spacial score (nSPS) is 11.1. The maximum Gasteiger partial charge on any atom is 0.435 e. The first-order chi connectivity index (χ1) is 17.2. The number of nitrogens with one attached hydrogen (secondary N) is 1. The predicted octanol–water partition coefficient (Wildman–Crippen LogP) is 7.83. The van der Waals surface area contributed by atoms with Crippen LogP contribution >= 0.6 is 23.2 Å². The summed E-state index contributed by atoms with van der Waals surface area (Å²) in [6, 6.07) is 19.7. The van der Waals surface area contributed by atoms with E-state index in [9.17, 15) is 18.0 Å². The van der Waals surface area contributed by atoms with Crippen LogP contribution < -0.4 is 10.1 Å². The molecule has 0 aliphatic heterocycles. The van der Waals surface area contributed by atoms with Gasteiger partial charge in [0.1, 0.15) is 18.0 Å². The highest BCUT2D eigenvalue weighted by Gasteiger charge is 2.35. The number of alkyl halides is 3. The quantitative estimate of drug-likeness (QED) is 0.255. The van der Waals surface area contributed by atoms with E-state index in [1.165, 1.54) is 12.1 Å². The number of nitrogens with zero attached hydrogens (tertiary/aromatic N) is 2. The molecule has 3 aromatic carbocycles. The van der Waals surface area contributed by atoms with Crippen molar-refractivity contribution in [3.05, 3.63) is 99.8 Å². The number of rotatable bonds is 7. The largest absolute Gasteiger partial charge is 0.487 e. The first-order valence-electron chi connectivity index (χ1n) is 10.9. The van der Waals surface area contributed by atoms with Crippen LogP contribution in [-0.2, 0) is 12.8 Å². The maximum absolute atomic E-state index is 13.4. The van der Waals surface area contributed by atoms with E-state index in [2.05, 4.69) is 10.4 Å². The molecule has 1 amide bonds. The van der Waals surface area contributed by atoms with Crippen LogP contribution in [0.5, 0.6) is 5.75 Å². The minimum Gasteiger partial charge on any atom is -0.487 e. The van der Waals surface area contributed by atoms with E-state index in [1.54, 1.807) is 48.5 Å². The Hall–Kier alpha value is -3.49. The van der Waals surface area contributed by atoms with E-state index >= 15 is 0 Å². The highest BCUT2D eigenvalue weighted by atomic mass is 35.5. The van der Waals surface area contributed by atoms with Crippen LogP contribution in [0, 0.1) is 0 Å². The lowest BCUT2D eigenvalue weighted by atomic mass is 10.0. The van der Waals surface area contributed by atoms with Gasteiger partial charge in [0.25, 0.3) is 5.91 Å². The zero-order valence-electron chi connectivity index (χ0n) is 18.9. The summed E-state index contributed by atoms with van der Waals surface area (Å²) in [4.78, 5) is 12.1. The molecule has 0 saturated carbocycles. The number of hydrogen-bond donors (Lipinski definition) is 1. The molecule has 0 unspecified atom stereocenters. The summed E-state index contributed by atoms with van der Waals surface area (Å²) in [5.41, 5.74) is 1.40. The van der Waals surface area contributed by atoms with Crippen molar-refractivity contribution >= 4 is 29.1 Å². The van der Waals surface area contributed by atoms with Crippen LogP contribution in [0.25, 0.3) is 16.8 Å². The Morgan fingerprint density at radius 2 is 1.62 bits per heavy atom. The molecule has 0 spiro atoms. The predicted molar refractivity (Wildman–Crippen MR) is 140 cm³/mol. The van der Waals surface area contributed by atoms with Crippen molar-refractivity contribution in [1.82, 2.24) is 15.1 Å². The number of halogens is 5. The van der Waals surface area contributed by atoms with Crippen LogP contribution in [0.3, 0.4) is 0 Å². The Morgan fingerprint density at radius 1 is 0.973 bits per heavy atom. The van der Waals surface area contributed by atoms with Crippen molar-refractivity contribution in [3.63, 3.8) is 0 Å². The number of amides is 1. The SMILES string of the molecule is C.CCNC(=O)c1cccc(-c2ccc(OCc3cc(C(F)(F)F)nn3-c3c(Cl)cccc3Cl)cc2)c1. The van der Waals surface area contributed by atoms with Gasteiger partial charge >= 0.3 is 6.18 Å². The molecular formula is C27H24Cl2F3N3O2. The van der Waals surface area contributed by atoms with Gasteiger partial charge in [-0.1, -0.05) is 61.0 Å². The van der Waals surface area contributed by atoms with Crippen molar-refractivity contribution in [3.8, 4) is 22.6 Å². The minimum absolute atomic E-state index is 0. The fourth-order valence-electron chi connectivity index (χ4n) is 3.55. The minimum atomic E-state index is -4.65. The molecule has 0 aliphatic carbocycles. The zero-order chi connectivity index (χ0) is 25.9. The van der Waals surface area contributed by atoms with E-state index < -0.39 is 11.9 Å². The molecule has 0 radical (unpaired) electrons. The fourth-order valence-corrected chi connectivity index (χ4v) is 4.11. The molecule has 0 bridgehead atoms. The second-order valence-corrected chi connectivity index (χ2v) is 8.57. The molecule has 10 heteroatoms. The Kier molecular flexibility index (Phi) is 8.89. The molecule has 1 heterocycles. The summed E-state index contributed by atoms with van der Waals surface area (Å²) >= 11 is 12.4. The maximum atomic E-state index is 13.4. The van der Waals surface area contributed by atoms with Gasteiger partial charge in [-0.2, -0.15) is 18.3 Å². The molecule has 0 atom stereocenters. The standard InChI is InChI=1S/C26H20Cl2F3N3O2.CH4/c1-2-32-25(35)18-6-3-5-17(13-18)16-9-11-20(12-10-16)36-15-19-14-23(26(29,30)31)33-34(19)24-21(27)7-4-8-22(24)28;/h3-14H,2,15H2,1H3,(H,32,35);1H4. The molecule has 1 N–H and O–H groups in total. The van der Waals surface area contributed by atoms with Crippen LogP contribution in [0.1, 0.15) is 36.1 Å². The topological polar surface area (TPSA) is 56.1 Å². The van der Waals surface area contributed by atoms with Gasteiger partial charge in [0.2, 0.25) is 0 Å². The van der Waals surface area contributed by atoms with E-state index in [-0.39, 0.29) is 41.4 Å². The van der Waals surface area contributed by atoms with Crippen molar-refractivity contribution in [2.75, 3.05) is 6.54 Å². The number of ether oxygens (including phenoxy) is 1. The first-order valence-corrected chi connectivity index (χ1v) is 11.6. The molecule has 0 aliphatic rings. The molecular weight excluding hydrogens is 526 g/mol. The second kappa shape index (κ2) is 11.7. The third-order valence-corrected chi connectivity index (χ3v) is 5.87. The number of benzene rings is 3. The van der Waals surface area contributed by atoms with Gasteiger partial charge in [0.05, 0.1) is 15.7 Å². The van der Waals surface area contributed by atoms with Gasteiger partial charge in [0, 0.05) is 12.1 Å². The summed E-state index contributed by atoms with van der Waals surface area (Å²) in [5, 5.41) is 6.75. The van der Waals surface area contributed by atoms with Crippen molar-refractivity contribution in [2.24, 2.45) is 0 Å². The number of aromatic nitrogens is 2. The van der Waals surface area contributed by atoms with Gasteiger partial charge in [0.15, 0.2) is 5.69 Å². The van der Waals surface area contributed by atoms with E-state index in [4.69, 9.17) is 27.9 Å². The molecule has 194 valence electrons. The van der Waals surface area contributed by atoms with Crippen molar-refractivity contribution in [1.29, 1.82) is 0 Å². The molecule has 0 saturated heterocycles. The van der Waals surface area contributed by atoms with Gasteiger partial charge in [-0.05, 0) is 60.5 Å². The summed E-state index contributed by atoms with van der Waals surface area (Å²) in [7, 11) is 0. The van der Waals surface area contributed by atoms with Gasteiger partial charge in [-0.25, -0.2) is 4.68 Å². The lowest BCUT2D eigenvalue weighted by molar-refractivity contribution is -0.141. The summed E-state index contributed by atoms with van der Waals surface area (Å²) in [6.45, 7) is 2.16.